The van der Waals surface area contributed by atoms with Crippen LogP contribution >= 0.6 is 0 Å². The van der Waals surface area contributed by atoms with E-state index >= 15 is 0 Å². The van der Waals surface area contributed by atoms with Gasteiger partial charge in [-0.25, -0.2) is 15.0 Å². The van der Waals surface area contributed by atoms with Gasteiger partial charge in [0.1, 0.15) is 17.0 Å². The summed E-state index contributed by atoms with van der Waals surface area (Å²) in [5, 5.41) is 2.87. The molecule has 1 saturated heterocycles. The minimum atomic E-state index is -0.416. The zero-order valence-corrected chi connectivity index (χ0v) is 18.4. The Balaban J connectivity index is 1.52. The van der Waals surface area contributed by atoms with E-state index < -0.39 is 5.91 Å². The van der Waals surface area contributed by atoms with Crippen LogP contribution in [0.25, 0.3) is 28.3 Å². The summed E-state index contributed by atoms with van der Waals surface area (Å²) < 4.78 is 1.96. The summed E-state index contributed by atoms with van der Waals surface area (Å²) in [6.07, 6.45) is 5.93. The van der Waals surface area contributed by atoms with Gasteiger partial charge in [0.2, 0.25) is 5.91 Å². The Morgan fingerprint density at radius 2 is 2.12 bits per heavy atom. The lowest BCUT2D eigenvalue weighted by Crippen LogP contribution is -2.32. The molecule has 168 valence electrons. The molecule has 1 unspecified atom stereocenters. The van der Waals surface area contributed by atoms with E-state index in [0.29, 0.717) is 30.9 Å². The molecule has 0 saturated carbocycles. The van der Waals surface area contributed by atoms with Crippen LogP contribution in [0.1, 0.15) is 22.6 Å². The maximum absolute atomic E-state index is 13.0. The fourth-order valence-electron chi connectivity index (χ4n) is 4.14. The monoisotopic (exact) mass is 444 g/mol. The number of imidazole rings is 1. The van der Waals surface area contributed by atoms with Crippen molar-refractivity contribution in [2.45, 2.75) is 13.3 Å². The number of carbonyl (C=O) groups excluding carboxylic acids is 2. The average molecular weight is 444 g/mol. The second-order valence-electron chi connectivity index (χ2n) is 8.34. The number of fused-ring (bicyclic) bond motifs is 1. The highest BCUT2D eigenvalue weighted by Crippen LogP contribution is 2.30. The molecule has 4 N–H and O–H groups in total. The Labute approximate surface area is 189 Å². The predicted molar refractivity (Wildman–Crippen MR) is 123 cm³/mol. The summed E-state index contributed by atoms with van der Waals surface area (Å²) in [5.74, 6) is -0.234. The van der Waals surface area contributed by atoms with Crippen molar-refractivity contribution in [2.75, 3.05) is 25.9 Å². The van der Waals surface area contributed by atoms with Gasteiger partial charge in [0, 0.05) is 62.3 Å². The van der Waals surface area contributed by atoms with Crippen molar-refractivity contribution in [3.8, 4) is 22.6 Å². The molecule has 10 heteroatoms. The van der Waals surface area contributed by atoms with Gasteiger partial charge in [-0.05, 0) is 31.2 Å². The molecule has 0 aromatic carbocycles. The van der Waals surface area contributed by atoms with Crippen LogP contribution in [0, 0.1) is 12.8 Å². The number of nitrogen functional groups attached to an aromatic ring is 1. The number of hydrogen-bond acceptors (Lipinski definition) is 6. The number of anilines is 1. The van der Waals surface area contributed by atoms with Crippen LogP contribution in [0.5, 0.6) is 0 Å². The fraction of sp³-hybridized carbons (Fsp3) is 0.261. The third-order valence-electron chi connectivity index (χ3n) is 5.93. The maximum atomic E-state index is 13.0. The number of carbonyl (C=O) groups is 2. The summed E-state index contributed by atoms with van der Waals surface area (Å²) in [6, 6.07) is 7.53. The van der Waals surface area contributed by atoms with Crippen LogP contribution in [0.2, 0.25) is 0 Å². The van der Waals surface area contributed by atoms with Crippen molar-refractivity contribution in [3.05, 3.63) is 54.2 Å². The highest BCUT2D eigenvalue weighted by atomic mass is 16.2. The third kappa shape index (κ3) is 3.79. The predicted octanol–water partition coefficient (Wildman–Crippen LogP) is 1.89. The van der Waals surface area contributed by atoms with E-state index in [2.05, 4.69) is 25.3 Å². The normalized spacial score (nSPS) is 16.0. The first-order chi connectivity index (χ1) is 15.9. The number of hydrogen-bond donors (Lipinski definition) is 3. The Morgan fingerprint density at radius 3 is 2.85 bits per heavy atom. The SMILES string of the molecule is Cc1cnc2ccc(-c3nc(C(=O)NCC4CC(=O)N(C)C4)c(N)nc3-c3ccc[nH]3)cn12. The Bertz CT molecular complexity index is 1360. The summed E-state index contributed by atoms with van der Waals surface area (Å²) in [7, 11) is 1.76. The van der Waals surface area contributed by atoms with E-state index in [0.717, 1.165) is 22.6 Å². The molecule has 0 bridgehead atoms. The van der Waals surface area contributed by atoms with Gasteiger partial charge >= 0.3 is 0 Å². The van der Waals surface area contributed by atoms with Crippen molar-refractivity contribution >= 4 is 23.3 Å². The van der Waals surface area contributed by atoms with Gasteiger partial charge in [-0.15, -0.1) is 0 Å². The third-order valence-corrected chi connectivity index (χ3v) is 5.93. The van der Waals surface area contributed by atoms with Crippen molar-refractivity contribution in [2.24, 2.45) is 5.92 Å². The topological polar surface area (TPSA) is 134 Å². The molecule has 10 nitrogen and oxygen atoms in total. The second kappa shape index (κ2) is 8.05. The number of nitrogens with one attached hydrogen (secondary N) is 2. The molecular weight excluding hydrogens is 420 g/mol. The molecule has 0 spiro atoms. The average Bonchev–Trinajstić information content (AvgIpc) is 3.53. The molecule has 0 aliphatic carbocycles. The van der Waals surface area contributed by atoms with Gasteiger partial charge in [-0.2, -0.15) is 0 Å². The lowest BCUT2D eigenvalue weighted by atomic mass is 10.1. The zero-order chi connectivity index (χ0) is 23.1. The lowest BCUT2D eigenvalue weighted by Gasteiger charge is -2.14. The molecule has 1 aliphatic rings. The highest BCUT2D eigenvalue weighted by Gasteiger charge is 2.28. The van der Waals surface area contributed by atoms with E-state index in [1.54, 1.807) is 24.3 Å². The van der Waals surface area contributed by atoms with Gasteiger partial charge in [0.25, 0.3) is 5.91 Å². The summed E-state index contributed by atoms with van der Waals surface area (Å²) >= 11 is 0. The molecular formula is C23H24N8O2. The molecule has 5 heterocycles. The first-order valence-corrected chi connectivity index (χ1v) is 10.7. The van der Waals surface area contributed by atoms with Crippen LogP contribution in [-0.4, -0.2) is 61.2 Å². The van der Waals surface area contributed by atoms with Crippen LogP contribution in [0.3, 0.4) is 0 Å². The van der Waals surface area contributed by atoms with Gasteiger partial charge in [0.05, 0.1) is 5.69 Å². The molecule has 5 rings (SSSR count). The van der Waals surface area contributed by atoms with Crippen LogP contribution in [-0.2, 0) is 4.79 Å². The number of amides is 2. The first-order valence-electron chi connectivity index (χ1n) is 10.7. The number of likely N-dealkylation sites (tertiary alicyclic amines) is 1. The molecule has 1 aliphatic heterocycles. The van der Waals surface area contributed by atoms with E-state index in [1.165, 1.54) is 0 Å². The quantitative estimate of drug-likeness (QED) is 0.430. The Hall–Kier alpha value is -4.21. The van der Waals surface area contributed by atoms with Crippen molar-refractivity contribution in [1.82, 2.24) is 34.6 Å². The molecule has 33 heavy (non-hydrogen) atoms. The summed E-state index contributed by atoms with van der Waals surface area (Å²) in [6.45, 7) is 2.94. The number of aryl methyl sites for hydroxylation is 1. The van der Waals surface area contributed by atoms with Crippen LogP contribution in [0.4, 0.5) is 5.82 Å². The zero-order valence-electron chi connectivity index (χ0n) is 18.4. The van der Waals surface area contributed by atoms with Gasteiger partial charge in [0.15, 0.2) is 11.5 Å². The van der Waals surface area contributed by atoms with Crippen molar-refractivity contribution in [3.63, 3.8) is 0 Å². The molecule has 2 amide bonds. The summed E-state index contributed by atoms with van der Waals surface area (Å²) in [4.78, 5) is 43.1. The maximum Gasteiger partial charge on any atom is 0.273 e. The van der Waals surface area contributed by atoms with Gasteiger partial charge in [-0.1, -0.05) is 0 Å². The van der Waals surface area contributed by atoms with Crippen molar-refractivity contribution < 1.29 is 9.59 Å². The number of pyridine rings is 1. The first kappa shape index (κ1) is 20.7. The Morgan fingerprint density at radius 1 is 1.27 bits per heavy atom. The molecule has 4 aromatic heterocycles. The van der Waals surface area contributed by atoms with Crippen LogP contribution < -0.4 is 11.1 Å². The van der Waals surface area contributed by atoms with E-state index in [-0.39, 0.29) is 23.3 Å². The number of aromatic amines is 1. The largest absolute Gasteiger partial charge is 0.382 e. The van der Waals surface area contributed by atoms with Gasteiger partial charge < -0.3 is 25.3 Å². The molecule has 1 fully saturated rings. The number of rotatable bonds is 5. The lowest BCUT2D eigenvalue weighted by molar-refractivity contribution is -0.126. The van der Waals surface area contributed by atoms with E-state index in [4.69, 9.17) is 5.73 Å². The molecule has 4 aromatic rings. The van der Waals surface area contributed by atoms with Crippen molar-refractivity contribution in [1.29, 1.82) is 0 Å². The van der Waals surface area contributed by atoms with E-state index in [9.17, 15) is 9.59 Å². The number of nitrogens with zero attached hydrogens (tertiary/aromatic N) is 5. The molecule has 0 radical (unpaired) electrons. The molecule has 1 atom stereocenters. The standard InChI is InChI=1S/C23H24N8O2/c1-13-9-26-17-6-5-15(12-31(13)17)19-20(16-4-3-7-25-16)29-22(24)21(28-19)23(33)27-10-14-8-18(32)30(2)11-14/h3-7,9,12,14,25H,8,10-11H2,1-2H3,(H2,24,29)(H,27,33). The van der Waals surface area contributed by atoms with Crippen LogP contribution in [0.15, 0.2) is 42.9 Å². The number of nitrogens with two attached hydrogens (primary N) is 1. The number of aromatic nitrogens is 5. The summed E-state index contributed by atoms with van der Waals surface area (Å²) in [5.41, 5.74) is 10.6. The smallest absolute Gasteiger partial charge is 0.273 e. The minimum absolute atomic E-state index is 0.0420. The van der Waals surface area contributed by atoms with Gasteiger partial charge in [-0.3, -0.25) is 9.59 Å². The van der Waals surface area contributed by atoms with E-state index in [1.807, 2.05) is 41.8 Å². The highest BCUT2D eigenvalue weighted by molar-refractivity contribution is 5.98. The minimum Gasteiger partial charge on any atom is -0.382 e. The number of H-pyrrole nitrogens is 1. The fourth-order valence-corrected chi connectivity index (χ4v) is 4.14. The Kier molecular flexibility index (Phi) is 5.04. The second-order valence-corrected chi connectivity index (χ2v) is 8.34.